The Morgan fingerprint density at radius 3 is 2.55 bits per heavy atom. The molecule has 1 heterocycles. The topological polar surface area (TPSA) is 21.7 Å². The number of piperidine rings is 1. The molecule has 0 radical (unpaired) electrons. The molecule has 0 bridgehead atoms. The molecule has 1 aliphatic rings. The van der Waals surface area contributed by atoms with Gasteiger partial charge in [0.1, 0.15) is 6.79 Å². The minimum absolute atomic E-state index is 0.422. The van der Waals surface area contributed by atoms with Crippen LogP contribution >= 0.6 is 0 Å². The van der Waals surface area contributed by atoms with Crippen molar-refractivity contribution in [3.8, 4) is 0 Å². The molecule has 11 heavy (non-hydrogen) atoms. The van der Waals surface area contributed by atoms with E-state index in [1.807, 2.05) is 0 Å². The summed E-state index contributed by atoms with van der Waals surface area (Å²) in [6, 6.07) is 0. The highest BCUT2D eigenvalue weighted by atomic mass is 16.7. The highest BCUT2D eigenvalue weighted by Crippen LogP contribution is 2.11. The van der Waals surface area contributed by atoms with Crippen molar-refractivity contribution in [2.45, 2.75) is 18.9 Å². The van der Waals surface area contributed by atoms with Gasteiger partial charge in [-0.3, -0.25) is 0 Å². The van der Waals surface area contributed by atoms with E-state index in [1.54, 1.807) is 7.11 Å². The summed E-state index contributed by atoms with van der Waals surface area (Å²) < 4.78 is 10.3. The minimum atomic E-state index is 0.422. The maximum atomic E-state index is 5.43. The molecule has 0 saturated carbocycles. The summed E-state index contributed by atoms with van der Waals surface area (Å²) >= 11 is 0. The molecule has 0 aliphatic carbocycles. The zero-order chi connectivity index (χ0) is 8.10. The van der Waals surface area contributed by atoms with Crippen molar-refractivity contribution in [3.05, 3.63) is 0 Å². The van der Waals surface area contributed by atoms with Crippen LogP contribution in [-0.2, 0) is 9.47 Å². The van der Waals surface area contributed by atoms with Gasteiger partial charge in [-0.1, -0.05) is 0 Å². The van der Waals surface area contributed by atoms with Crippen molar-refractivity contribution in [1.29, 1.82) is 0 Å². The molecule has 66 valence electrons. The first-order chi connectivity index (χ1) is 5.33. The maximum absolute atomic E-state index is 5.43. The smallest absolute Gasteiger partial charge is 0.146 e. The number of likely N-dealkylation sites (tertiary alicyclic amines) is 1. The van der Waals surface area contributed by atoms with Gasteiger partial charge in [-0.05, 0) is 19.9 Å². The average molecular weight is 159 g/mol. The molecular weight excluding hydrogens is 142 g/mol. The van der Waals surface area contributed by atoms with Crippen LogP contribution in [0.4, 0.5) is 0 Å². The summed E-state index contributed by atoms with van der Waals surface area (Å²) in [5.41, 5.74) is 0. The van der Waals surface area contributed by atoms with Crippen molar-refractivity contribution in [2.75, 3.05) is 34.0 Å². The Balaban J connectivity index is 2.07. The Labute approximate surface area is 68.3 Å². The summed E-state index contributed by atoms with van der Waals surface area (Å²) in [5.74, 6) is 0. The SMILES string of the molecule is COCOC1CCN(C)CC1. The summed E-state index contributed by atoms with van der Waals surface area (Å²) in [5, 5.41) is 0. The normalized spacial score (nSPS) is 22.4. The van der Waals surface area contributed by atoms with Gasteiger partial charge in [-0.15, -0.1) is 0 Å². The van der Waals surface area contributed by atoms with E-state index in [-0.39, 0.29) is 0 Å². The van der Waals surface area contributed by atoms with Crippen LogP contribution in [0.3, 0.4) is 0 Å². The van der Waals surface area contributed by atoms with Gasteiger partial charge in [0.2, 0.25) is 0 Å². The molecule has 0 aromatic rings. The molecule has 1 fully saturated rings. The second-order valence-corrected chi connectivity index (χ2v) is 3.08. The lowest BCUT2D eigenvalue weighted by Gasteiger charge is -2.28. The summed E-state index contributed by atoms with van der Waals surface area (Å²) in [6.45, 7) is 2.73. The number of nitrogens with zero attached hydrogens (tertiary/aromatic N) is 1. The third-order valence-electron chi connectivity index (χ3n) is 2.09. The molecule has 3 nitrogen and oxygen atoms in total. The first kappa shape index (κ1) is 8.97. The molecule has 3 heteroatoms. The zero-order valence-electron chi connectivity index (χ0n) is 7.38. The molecule has 0 atom stereocenters. The number of hydrogen-bond donors (Lipinski definition) is 0. The fraction of sp³-hybridized carbons (Fsp3) is 1.00. The van der Waals surface area contributed by atoms with Gasteiger partial charge in [0, 0.05) is 20.2 Å². The summed E-state index contributed by atoms with van der Waals surface area (Å²) in [7, 11) is 3.81. The number of rotatable bonds is 3. The predicted molar refractivity (Wildman–Crippen MR) is 43.5 cm³/mol. The van der Waals surface area contributed by atoms with Gasteiger partial charge in [0.15, 0.2) is 0 Å². The molecule has 1 saturated heterocycles. The van der Waals surface area contributed by atoms with Crippen LogP contribution in [0.1, 0.15) is 12.8 Å². The number of methoxy groups -OCH3 is 1. The van der Waals surface area contributed by atoms with Crippen LogP contribution in [0, 0.1) is 0 Å². The van der Waals surface area contributed by atoms with Crippen LogP contribution in [-0.4, -0.2) is 45.0 Å². The fourth-order valence-electron chi connectivity index (χ4n) is 1.32. The molecule has 0 spiro atoms. The molecule has 0 aromatic carbocycles. The van der Waals surface area contributed by atoms with Crippen LogP contribution in [0.5, 0.6) is 0 Å². The highest BCUT2D eigenvalue weighted by Gasteiger charge is 2.16. The van der Waals surface area contributed by atoms with E-state index >= 15 is 0 Å². The molecule has 0 N–H and O–H groups in total. The first-order valence-corrected chi connectivity index (χ1v) is 4.12. The van der Waals surface area contributed by atoms with E-state index in [4.69, 9.17) is 9.47 Å². The lowest BCUT2D eigenvalue weighted by atomic mass is 10.1. The molecule has 1 aliphatic heterocycles. The highest BCUT2D eigenvalue weighted by molar-refractivity contribution is 4.69. The Morgan fingerprint density at radius 2 is 2.00 bits per heavy atom. The first-order valence-electron chi connectivity index (χ1n) is 4.12. The van der Waals surface area contributed by atoms with E-state index < -0.39 is 0 Å². The third-order valence-corrected chi connectivity index (χ3v) is 2.09. The van der Waals surface area contributed by atoms with Crippen molar-refractivity contribution in [1.82, 2.24) is 4.90 Å². The molecule has 0 amide bonds. The Kier molecular flexibility index (Phi) is 3.83. The number of ether oxygens (including phenoxy) is 2. The second-order valence-electron chi connectivity index (χ2n) is 3.08. The quantitative estimate of drug-likeness (QED) is 0.566. The van der Waals surface area contributed by atoms with E-state index in [2.05, 4.69) is 11.9 Å². The maximum Gasteiger partial charge on any atom is 0.146 e. The van der Waals surface area contributed by atoms with Gasteiger partial charge >= 0.3 is 0 Å². The van der Waals surface area contributed by atoms with Crippen LogP contribution < -0.4 is 0 Å². The molecular formula is C8H17NO2. The van der Waals surface area contributed by atoms with Crippen LogP contribution in [0.25, 0.3) is 0 Å². The molecule has 0 unspecified atom stereocenters. The fourth-order valence-corrected chi connectivity index (χ4v) is 1.32. The predicted octanol–water partition coefficient (Wildman–Crippen LogP) is 0.701. The molecule has 1 rings (SSSR count). The Hall–Kier alpha value is -0.120. The summed E-state index contributed by atoms with van der Waals surface area (Å²) in [6.07, 6.45) is 2.70. The van der Waals surface area contributed by atoms with Crippen molar-refractivity contribution >= 4 is 0 Å². The lowest BCUT2D eigenvalue weighted by Crippen LogP contribution is -2.34. The van der Waals surface area contributed by atoms with Crippen molar-refractivity contribution < 1.29 is 9.47 Å². The van der Waals surface area contributed by atoms with Crippen LogP contribution in [0.15, 0.2) is 0 Å². The minimum Gasteiger partial charge on any atom is -0.359 e. The second kappa shape index (κ2) is 4.70. The van der Waals surface area contributed by atoms with Gasteiger partial charge in [0.05, 0.1) is 6.10 Å². The largest absolute Gasteiger partial charge is 0.359 e. The van der Waals surface area contributed by atoms with Gasteiger partial charge in [0.25, 0.3) is 0 Å². The van der Waals surface area contributed by atoms with Crippen molar-refractivity contribution in [3.63, 3.8) is 0 Å². The van der Waals surface area contributed by atoms with E-state index in [9.17, 15) is 0 Å². The van der Waals surface area contributed by atoms with E-state index in [0.717, 1.165) is 25.9 Å². The third kappa shape index (κ3) is 3.18. The van der Waals surface area contributed by atoms with Crippen molar-refractivity contribution in [2.24, 2.45) is 0 Å². The average Bonchev–Trinajstić information content (AvgIpc) is 2.04. The van der Waals surface area contributed by atoms with E-state index in [0.29, 0.717) is 12.9 Å². The van der Waals surface area contributed by atoms with Gasteiger partial charge in [-0.25, -0.2) is 0 Å². The monoisotopic (exact) mass is 159 g/mol. The lowest BCUT2D eigenvalue weighted by molar-refractivity contribution is -0.0870. The van der Waals surface area contributed by atoms with Crippen LogP contribution in [0.2, 0.25) is 0 Å². The summed E-state index contributed by atoms with van der Waals surface area (Å²) in [4.78, 5) is 2.33. The van der Waals surface area contributed by atoms with Gasteiger partial charge < -0.3 is 14.4 Å². The number of hydrogen-bond acceptors (Lipinski definition) is 3. The van der Waals surface area contributed by atoms with E-state index in [1.165, 1.54) is 0 Å². The molecule has 0 aromatic heterocycles. The zero-order valence-corrected chi connectivity index (χ0v) is 7.38. The standard InChI is InChI=1S/C8H17NO2/c1-9-5-3-8(4-6-9)11-7-10-2/h8H,3-7H2,1-2H3. The van der Waals surface area contributed by atoms with Gasteiger partial charge in [-0.2, -0.15) is 0 Å². The Bertz CT molecular complexity index is 97.5. The Morgan fingerprint density at radius 1 is 1.36 bits per heavy atom.